The van der Waals surface area contributed by atoms with Crippen molar-refractivity contribution in [2.24, 2.45) is 0 Å². The summed E-state index contributed by atoms with van der Waals surface area (Å²) in [5.74, 6) is -0.541. The van der Waals surface area contributed by atoms with Gasteiger partial charge in [0.2, 0.25) is 0 Å². The number of nitrogens with one attached hydrogen (secondary N) is 1. The van der Waals surface area contributed by atoms with Crippen molar-refractivity contribution in [3.05, 3.63) is 35.9 Å². The molecule has 0 aliphatic heterocycles. The topological polar surface area (TPSA) is 82.5 Å². The van der Waals surface area contributed by atoms with Gasteiger partial charge in [0, 0.05) is 11.9 Å². The number of carbonyl (C=O) groups is 1. The lowest BCUT2D eigenvalue weighted by molar-refractivity contribution is 0.0699. The van der Waals surface area contributed by atoms with Gasteiger partial charge in [-0.05, 0) is 19.1 Å². The van der Waals surface area contributed by atoms with Crippen LogP contribution in [0.4, 0.5) is 5.82 Å². The highest BCUT2D eigenvalue weighted by Gasteiger charge is 2.11. The molecule has 0 bridgehead atoms. The van der Waals surface area contributed by atoms with Gasteiger partial charge in [0.15, 0.2) is 0 Å². The minimum absolute atomic E-state index is 0.202. The van der Waals surface area contributed by atoms with Crippen molar-refractivity contribution in [3.63, 3.8) is 0 Å². The Balaban J connectivity index is 2.47. The van der Waals surface area contributed by atoms with E-state index in [1.807, 2.05) is 0 Å². The van der Waals surface area contributed by atoms with Crippen LogP contribution in [0.5, 0.6) is 0 Å². The maximum Gasteiger partial charge on any atom is 0.336 e. The van der Waals surface area contributed by atoms with Gasteiger partial charge in [0.05, 0.1) is 17.2 Å². The van der Waals surface area contributed by atoms with Crippen molar-refractivity contribution in [2.75, 3.05) is 11.9 Å². The number of aromatic carboxylic acids is 1. The third-order valence-corrected chi connectivity index (χ3v) is 2.53. The number of carboxylic acids is 1. The van der Waals surface area contributed by atoms with E-state index in [0.717, 1.165) is 0 Å². The highest BCUT2D eigenvalue weighted by Crippen LogP contribution is 2.20. The number of para-hydroxylation sites is 1. The van der Waals surface area contributed by atoms with Gasteiger partial charge >= 0.3 is 5.97 Å². The van der Waals surface area contributed by atoms with E-state index in [-0.39, 0.29) is 5.56 Å². The zero-order valence-electron chi connectivity index (χ0n) is 9.92. The van der Waals surface area contributed by atoms with E-state index in [1.54, 1.807) is 31.2 Å². The Morgan fingerprint density at radius 2 is 2.17 bits per heavy atom. The molecule has 0 aliphatic rings. The molecule has 1 atom stereocenters. The Morgan fingerprint density at radius 1 is 1.44 bits per heavy atom. The maximum absolute atomic E-state index is 11.2. The summed E-state index contributed by atoms with van der Waals surface area (Å²) in [5, 5.41) is 21.9. The molecule has 3 N–H and O–H groups in total. The Morgan fingerprint density at radius 3 is 2.83 bits per heavy atom. The summed E-state index contributed by atoms with van der Waals surface area (Å²) in [6, 6.07) is 8.55. The second-order valence-electron chi connectivity index (χ2n) is 4.11. The molecule has 2 rings (SSSR count). The summed E-state index contributed by atoms with van der Waals surface area (Å²) in [4.78, 5) is 15.5. The van der Waals surface area contributed by atoms with Crippen LogP contribution >= 0.6 is 0 Å². The van der Waals surface area contributed by atoms with E-state index in [4.69, 9.17) is 0 Å². The van der Waals surface area contributed by atoms with Crippen LogP contribution in [-0.4, -0.2) is 33.8 Å². The van der Waals surface area contributed by atoms with Gasteiger partial charge in [0.25, 0.3) is 0 Å². The lowest BCUT2D eigenvalue weighted by Crippen LogP contribution is -2.16. The first-order valence-electron chi connectivity index (χ1n) is 5.63. The summed E-state index contributed by atoms with van der Waals surface area (Å²) in [6.07, 6.45) is -0.522. The fraction of sp³-hybridized carbons (Fsp3) is 0.231. The van der Waals surface area contributed by atoms with Crippen LogP contribution in [0.1, 0.15) is 17.3 Å². The van der Waals surface area contributed by atoms with Gasteiger partial charge < -0.3 is 15.5 Å². The smallest absolute Gasteiger partial charge is 0.336 e. The molecule has 5 heteroatoms. The number of pyridine rings is 1. The van der Waals surface area contributed by atoms with Crippen molar-refractivity contribution < 1.29 is 15.0 Å². The largest absolute Gasteiger partial charge is 0.478 e. The van der Waals surface area contributed by atoms with Crippen LogP contribution < -0.4 is 5.32 Å². The van der Waals surface area contributed by atoms with Gasteiger partial charge in [-0.25, -0.2) is 9.78 Å². The van der Waals surface area contributed by atoms with Gasteiger partial charge in [-0.2, -0.15) is 0 Å². The normalized spacial score (nSPS) is 12.3. The highest BCUT2D eigenvalue weighted by molar-refractivity contribution is 6.03. The fourth-order valence-electron chi connectivity index (χ4n) is 1.70. The molecule has 1 heterocycles. The van der Waals surface area contributed by atoms with Crippen LogP contribution in [0.3, 0.4) is 0 Å². The van der Waals surface area contributed by atoms with E-state index in [9.17, 15) is 15.0 Å². The summed E-state index contributed by atoms with van der Waals surface area (Å²) in [5.41, 5.74) is 0.819. The molecular weight excluding hydrogens is 232 g/mol. The molecule has 0 saturated carbocycles. The first-order valence-corrected chi connectivity index (χ1v) is 5.63. The molecule has 1 aromatic heterocycles. The maximum atomic E-state index is 11.2. The Kier molecular flexibility index (Phi) is 3.43. The van der Waals surface area contributed by atoms with Crippen molar-refractivity contribution >= 4 is 22.7 Å². The Bertz CT molecular complexity index is 581. The molecule has 1 aromatic carbocycles. The lowest BCUT2D eigenvalue weighted by atomic mass is 10.1. The Labute approximate surface area is 104 Å². The monoisotopic (exact) mass is 246 g/mol. The zero-order valence-corrected chi connectivity index (χ0v) is 9.92. The highest BCUT2D eigenvalue weighted by atomic mass is 16.4. The van der Waals surface area contributed by atoms with Crippen molar-refractivity contribution in [1.82, 2.24) is 4.98 Å². The van der Waals surface area contributed by atoms with Crippen LogP contribution in [0.2, 0.25) is 0 Å². The number of nitrogens with zero attached hydrogens (tertiary/aromatic N) is 1. The fourth-order valence-corrected chi connectivity index (χ4v) is 1.70. The van der Waals surface area contributed by atoms with Gasteiger partial charge in [-0.3, -0.25) is 0 Å². The van der Waals surface area contributed by atoms with E-state index in [1.165, 1.54) is 6.07 Å². The quantitative estimate of drug-likeness (QED) is 0.765. The van der Waals surface area contributed by atoms with E-state index in [2.05, 4.69) is 10.3 Å². The molecule has 2 aromatic rings. The van der Waals surface area contributed by atoms with Gasteiger partial charge in [-0.1, -0.05) is 18.2 Å². The van der Waals surface area contributed by atoms with E-state index < -0.39 is 12.1 Å². The molecule has 94 valence electrons. The minimum Gasteiger partial charge on any atom is -0.478 e. The molecule has 0 aliphatic carbocycles. The molecule has 0 amide bonds. The minimum atomic E-state index is -0.992. The van der Waals surface area contributed by atoms with E-state index in [0.29, 0.717) is 23.3 Å². The average Bonchev–Trinajstić information content (AvgIpc) is 2.35. The number of aromatic nitrogens is 1. The van der Waals surface area contributed by atoms with Gasteiger partial charge in [-0.15, -0.1) is 0 Å². The molecule has 0 saturated heterocycles. The first-order chi connectivity index (χ1) is 8.58. The number of rotatable bonds is 4. The average molecular weight is 246 g/mol. The van der Waals surface area contributed by atoms with Crippen molar-refractivity contribution in [2.45, 2.75) is 13.0 Å². The molecule has 0 spiro atoms. The predicted molar refractivity (Wildman–Crippen MR) is 68.9 cm³/mol. The SMILES string of the molecule is CC(O)CNc1cc(C(=O)O)c2ccccc2n1. The molecule has 1 unspecified atom stereocenters. The van der Waals surface area contributed by atoms with Gasteiger partial charge in [0.1, 0.15) is 5.82 Å². The number of aliphatic hydroxyl groups excluding tert-OH is 1. The molecule has 18 heavy (non-hydrogen) atoms. The van der Waals surface area contributed by atoms with Crippen LogP contribution in [0.25, 0.3) is 10.9 Å². The molecule has 0 radical (unpaired) electrons. The second kappa shape index (κ2) is 5.01. The van der Waals surface area contributed by atoms with Crippen molar-refractivity contribution in [1.29, 1.82) is 0 Å². The first kappa shape index (κ1) is 12.3. The third-order valence-electron chi connectivity index (χ3n) is 2.53. The lowest BCUT2D eigenvalue weighted by Gasteiger charge is -2.10. The number of benzene rings is 1. The van der Waals surface area contributed by atoms with Crippen LogP contribution in [0, 0.1) is 0 Å². The summed E-state index contributed by atoms with van der Waals surface area (Å²) < 4.78 is 0. The van der Waals surface area contributed by atoms with Crippen molar-refractivity contribution in [3.8, 4) is 0 Å². The van der Waals surface area contributed by atoms with Crippen LogP contribution in [-0.2, 0) is 0 Å². The number of fused-ring (bicyclic) bond motifs is 1. The summed E-state index contributed by atoms with van der Waals surface area (Å²) >= 11 is 0. The number of anilines is 1. The molecular formula is C13H14N2O3. The number of hydrogen-bond donors (Lipinski definition) is 3. The molecule has 0 fully saturated rings. The summed E-state index contributed by atoms with van der Waals surface area (Å²) in [6.45, 7) is 1.97. The predicted octanol–water partition coefficient (Wildman–Crippen LogP) is 1.73. The zero-order chi connectivity index (χ0) is 13.1. The molecule has 5 nitrogen and oxygen atoms in total. The second-order valence-corrected chi connectivity index (χ2v) is 4.11. The number of aliphatic hydroxyl groups is 1. The number of hydrogen-bond acceptors (Lipinski definition) is 4. The van der Waals surface area contributed by atoms with Crippen LogP contribution in [0.15, 0.2) is 30.3 Å². The number of carboxylic acid groups (broad SMARTS) is 1. The third kappa shape index (κ3) is 2.57. The summed E-state index contributed by atoms with van der Waals surface area (Å²) in [7, 11) is 0. The Hall–Kier alpha value is -2.14. The van der Waals surface area contributed by atoms with E-state index >= 15 is 0 Å². The standard InChI is InChI=1S/C13H14N2O3/c1-8(16)7-14-12-6-10(13(17)18)9-4-2-3-5-11(9)15-12/h2-6,8,16H,7H2,1H3,(H,14,15)(H,17,18).